The molecule has 7 heteroatoms. The lowest BCUT2D eigenvalue weighted by Crippen LogP contribution is -2.38. The van der Waals surface area contributed by atoms with Gasteiger partial charge in [-0.3, -0.25) is 14.4 Å². The fourth-order valence-corrected chi connectivity index (χ4v) is 3.37. The van der Waals surface area contributed by atoms with Crippen LogP contribution in [0.3, 0.4) is 0 Å². The van der Waals surface area contributed by atoms with Gasteiger partial charge in [0.15, 0.2) is 0 Å². The third-order valence-electron chi connectivity index (χ3n) is 4.66. The Balaban J connectivity index is 1.53. The summed E-state index contributed by atoms with van der Waals surface area (Å²) >= 11 is 6.09. The van der Waals surface area contributed by atoms with Crippen molar-refractivity contribution in [1.29, 1.82) is 0 Å². The summed E-state index contributed by atoms with van der Waals surface area (Å²) in [7, 11) is 0. The van der Waals surface area contributed by atoms with E-state index in [0.717, 1.165) is 16.8 Å². The molecule has 6 nitrogen and oxygen atoms in total. The monoisotopic (exact) mass is 399 g/mol. The Morgan fingerprint density at radius 2 is 1.79 bits per heavy atom. The second kappa shape index (κ2) is 8.44. The van der Waals surface area contributed by atoms with Gasteiger partial charge in [-0.1, -0.05) is 35.4 Å². The number of amides is 3. The Kier molecular flexibility index (Phi) is 5.99. The van der Waals surface area contributed by atoms with Crippen molar-refractivity contribution in [2.75, 3.05) is 23.3 Å². The predicted octanol–water partition coefficient (Wildman–Crippen LogP) is 3.06. The molecule has 3 rings (SSSR count). The van der Waals surface area contributed by atoms with E-state index in [9.17, 15) is 14.4 Å². The first-order valence-electron chi connectivity index (χ1n) is 9.04. The molecule has 1 aliphatic rings. The molecule has 0 unspecified atom stereocenters. The van der Waals surface area contributed by atoms with Gasteiger partial charge in [0, 0.05) is 18.7 Å². The van der Waals surface area contributed by atoms with Gasteiger partial charge in [0.25, 0.3) is 0 Å². The molecule has 1 heterocycles. The van der Waals surface area contributed by atoms with Crippen LogP contribution in [0.1, 0.15) is 17.5 Å². The summed E-state index contributed by atoms with van der Waals surface area (Å²) in [6, 6.07) is 12.9. The molecule has 1 saturated heterocycles. The van der Waals surface area contributed by atoms with Crippen LogP contribution in [0.15, 0.2) is 42.5 Å². The smallest absolute Gasteiger partial charge is 0.243 e. The van der Waals surface area contributed by atoms with Gasteiger partial charge in [0.2, 0.25) is 17.7 Å². The van der Waals surface area contributed by atoms with Crippen LogP contribution in [0.25, 0.3) is 0 Å². The maximum Gasteiger partial charge on any atom is 0.243 e. The highest BCUT2D eigenvalue weighted by molar-refractivity contribution is 6.33. The lowest BCUT2D eigenvalue weighted by atomic mass is 10.1. The minimum absolute atomic E-state index is 0.0973. The maximum atomic E-state index is 12.4. The Hall–Kier alpha value is -2.86. The molecule has 2 N–H and O–H groups in total. The number of hydrogen-bond acceptors (Lipinski definition) is 3. The summed E-state index contributed by atoms with van der Waals surface area (Å²) in [4.78, 5) is 38.4. The molecule has 3 amide bonds. The van der Waals surface area contributed by atoms with E-state index in [1.54, 1.807) is 17.0 Å². The van der Waals surface area contributed by atoms with Crippen molar-refractivity contribution < 1.29 is 14.4 Å². The van der Waals surface area contributed by atoms with Crippen molar-refractivity contribution in [3.05, 3.63) is 58.6 Å². The SMILES string of the molecule is Cc1ccc(N2C[C@@H](C(=O)NCC(=O)Nc3ccc(C)cc3Cl)CC2=O)cc1. The van der Waals surface area contributed by atoms with E-state index in [4.69, 9.17) is 11.6 Å². The normalized spacial score (nSPS) is 16.2. The van der Waals surface area contributed by atoms with Crippen LogP contribution >= 0.6 is 11.6 Å². The molecular weight excluding hydrogens is 378 g/mol. The van der Waals surface area contributed by atoms with E-state index in [1.165, 1.54) is 0 Å². The Morgan fingerprint density at radius 3 is 2.46 bits per heavy atom. The Labute approximate surface area is 168 Å². The van der Waals surface area contributed by atoms with Gasteiger partial charge in [0.05, 0.1) is 23.2 Å². The zero-order valence-corrected chi connectivity index (χ0v) is 16.5. The molecule has 0 saturated carbocycles. The summed E-state index contributed by atoms with van der Waals surface area (Å²) in [6.45, 7) is 4.00. The number of nitrogens with one attached hydrogen (secondary N) is 2. The van der Waals surface area contributed by atoms with Crippen molar-refractivity contribution in [2.45, 2.75) is 20.3 Å². The molecule has 1 fully saturated rings. The predicted molar refractivity (Wildman–Crippen MR) is 109 cm³/mol. The van der Waals surface area contributed by atoms with Gasteiger partial charge in [-0.25, -0.2) is 0 Å². The van der Waals surface area contributed by atoms with Gasteiger partial charge in [-0.15, -0.1) is 0 Å². The summed E-state index contributed by atoms with van der Waals surface area (Å²) < 4.78 is 0. The third-order valence-corrected chi connectivity index (χ3v) is 4.98. The zero-order valence-electron chi connectivity index (χ0n) is 15.8. The van der Waals surface area contributed by atoms with E-state index in [-0.39, 0.29) is 30.7 Å². The number of hydrogen-bond donors (Lipinski definition) is 2. The van der Waals surface area contributed by atoms with Crippen LogP contribution in [0.2, 0.25) is 5.02 Å². The molecule has 2 aromatic carbocycles. The summed E-state index contributed by atoms with van der Waals surface area (Å²) in [5, 5.41) is 5.71. The van der Waals surface area contributed by atoms with Gasteiger partial charge in [-0.2, -0.15) is 0 Å². The molecule has 0 spiro atoms. The lowest BCUT2D eigenvalue weighted by Gasteiger charge is -2.17. The van der Waals surface area contributed by atoms with Crippen LogP contribution in [-0.2, 0) is 14.4 Å². The lowest BCUT2D eigenvalue weighted by molar-refractivity contribution is -0.127. The van der Waals surface area contributed by atoms with E-state index >= 15 is 0 Å². The van der Waals surface area contributed by atoms with Crippen LogP contribution in [0, 0.1) is 19.8 Å². The summed E-state index contributed by atoms with van der Waals surface area (Å²) in [5.41, 5.74) is 3.36. The van der Waals surface area contributed by atoms with E-state index in [2.05, 4.69) is 10.6 Å². The molecule has 1 atom stereocenters. The molecular formula is C21H22ClN3O3. The van der Waals surface area contributed by atoms with Crippen molar-refractivity contribution in [3.8, 4) is 0 Å². The molecule has 146 valence electrons. The van der Waals surface area contributed by atoms with Crippen LogP contribution in [0.5, 0.6) is 0 Å². The third kappa shape index (κ3) is 4.70. The zero-order chi connectivity index (χ0) is 20.3. The number of halogens is 1. The van der Waals surface area contributed by atoms with E-state index in [1.807, 2.05) is 44.2 Å². The van der Waals surface area contributed by atoms with Crippen molar-refractivity contribution in [3.63, 3.8) is 0 Å². The number of aryl methyl sites for hydroxylation is 2. The first-order valence-corrected chi connectivity index (χ1v) is 9.42. The maximum absolute atomic E-state index is 12.4. The second-order valence-electron chi connectivity index (χ2n) is 6.99. The highest BCUT2D eigenvalue weighted by atomic mass is 35.5. The Morgan fingerprint density at radius 1 is 1.11 bits per heavy atom. The van der Waals surface area contributed by atoms with Gasteiger partial charge < -0.3 is 15.5 Å². The molecule has 28 heavy (non-hydrogen) atoms. The fourth-order valence-electron chi connectivity index (χ4n) is 3.09. The number of carbonyl (C=O) groups is 3. The average molecular weight is 400 g/mol. The molecule has 0 bridgehead atoms. The molecule has 0 aromatic heterocycles. The number of anilines is 2. The molecule has 0 radical (unpaired) electrons. The fraction of sp³-hybridized carbons (Fsp3) is 0.286. The van der Waals surface area contributed by atoms with Crippen LogP contribution < -0.4 is 15.5 Å². The van der Waals surface area contributed by atoms with Gasteiger partial charge in [-0.05, 0) is 43.7 Å². The van der Waals surface area contributed by atoms with Gasteiger partial charge >= 0.3 is 0 Å². The van der Waals surface area contributed by atoms with E-state index in [0.29, 0.717) is 17.3 Å². The minimum Gasteiger partial charge on any atom is -0.347 e. The highest BCUT2D eigenvalue weighted by Gasteiger charge is 2.35. The molecule has 0 aliphatic carbocycles. The Bertz CT molecular complexity index is 912. The number of benzene rings is 2. The van der Waals surface area contributed by atoms with E-state index < -0.39 is 5.92 Å². The largest absolute Gasteiger partial charge is 0.347 e. The average Bonchev–Trinajstić information content (AvgIpc) is 3.04. The number of nitrogens with zero attached hydrogens (tertiary/aromatic N) is 1. The minimum atomic E-state index is -0.482. The standard InChI is InChI=1S/C21H22ClN3O3/c1-13-3-6-16(7-4-13)25-12-15(10-20(25)27)21(28)23-11-19(26)24-18-8-5-14(2)9-17(18)22/h3-9,15H,10-12H2,1-2H3,(H,23,28)(H,24,26)/t15-/m0/s1. The highest BCUT2D eigenvalue weighted by Crippen LogP contribution is 2.25. The topological polar surface area (TPSA) is 78.5 Å². The first kappa shape index (κ1) is 19.9. The van der Waals surface area contributed by atoms with Crippen molar-refractivity contribution in [1.82, 2.24) is 5.32 Å². The quantitative estimate of drug-likeness (QED) is 0.811. The van der Waals surface area contributed by atoms with Crippen LogP contribution in [0.4, 0.5) is 11.4 Å². The summed E-state index contributed by atoms with van der Waals surface area (Å²) in [6.07, 6.45) is 0.130. The molecule has 1 aliphatic heterocycles. The molecule has 2 aromatic rings. The first-order chi connectivity index (χ1) is 13.3. The van der Waals surface area contributed by atoms with Gasteiger partial charge in [0.1, 0.15) is 0 Å². The second-order valence-corrected chi connectivity index (χ2v) is 7.40. The number of rotatable bonds is 5. The van der Waals surface area contributed by atoms with Crippen molar-refractivity contribution >= 4 is 40.7 Å². The van der Waals surface area contributed by atoms with Crippen molar-refractivity contribution in [2.24, 2.45) is 5.92 Å². The number of carbonyl (C=O) groups excluding carboxylic acids is 3. The summed E-state index contributed by atoms with van der Waals surface area (Å²) in [5.74, 6) is -1.27. The van der Waals surface area contributed by atoms with Crippen LogP contribution in [-0.4, -0.2) is 30.8 Å².